The monoisotopic (exact) mass is 323 g/mol. The summed E-state index contributed by atoms with van der Waals surface area (Å²) in [4.78, 5) is 18.1. The zero-order chi connectivity index (χ0) is 16.5. The van der Waals surface area contributed by atoms with Gasteiger partial charge in [-0.2, -0.15) is 0 Å². The quantitative estimate of drug-likeness (QED) is 0.842. The van der Waals surface area contributed by atoms with Gasteiger partial charge in [0.15, 0.2) is 11.5 Å². The number of rotatable bonds is 3. The molecule has 0 amide bonds. The number of carbonyl (C=O) groups is 1. The summed E-state index contributed by atoms with van der Waals surface area (Å²) in [5.41, 5.74) is 2.06. The molecule has 0 atom stereocenters. The maximum atomic E-state index is 12.6. The number of hydrogen-bond acceptors (Lipinski definition) is 4. The molecule has 4 rings (SSSR count). The molecule has 1 aromatic carbocycles. The van der Waals surface area contributed by atoms with Gasteiger partial charge in [0.25, 0.3) is 0 Å². The van der Waals surface area contributed by atoms with E-state index < -0.39 is 0 Å². The third-order valence-corrected chi connectivity index (χ3v) is 4.64. The van der Waals surface area contributed by atoms with Gasteiger partial charge >= 0.3 is 0 Å². The number of hydrogen-bond donors (Lipinski definition) is 2. The summed E-state index contributed by atoms with van der Waals surface area (Å²) < 4.78 is 5.86. The zero-order valence-electron chi connectivity index (χ0n) is 13.3. The summed E-state index contributed by atoms with van der Waals surface area (Å²) in [7, 11) is 0. The Morgan fingerprint density at radius 3 is 2.83 bits per heavy atom. The Balaban J connectivity index is 1.68. The molecule has 5 nitrogen and oxygen atoms in total. The Kier molecular flexibility index (Phi) is 3.78. The summed E-state index contributed by atoms with van der Waals surface area (Å²) in [5, 5.41) is 10.3. The van der Waals surface area contributed by atoms with Crippen LogP contribution in [-0.4, -0.2) is 29.0 Å². The van der Waals surface area contributed by atoms with Crippen LogP contribution >= 0.6 is 0 Å². The third kappa shape index (κ3) is 2.67. The standard InChI is InChI=1S/C19H18N2O3/c22-16-6-5-14-18(23)17(10-13-4-3-7-20-11-13)24-19(14)15(16)12-21-8-1-2-9-21/h3-7,10-11,22H,1-2,8-9,12H2/p+1/b17-10+. The van der Waals surface area contributed by atoms with Crippen LogP contribution in [0, 0.1) is 0 Å². The molecule has 122 valence electrons. The molecule has 3 heterocycles. The summed E-state index contributed by atoms with van der Waals surface area (Å²) >= 11 is 0. The molecule has 2 aliphatic heterocycles. The average molecular weight is 323 g/mol. The van der Waals surface area contributed by atoms with Crippen molar-refractivity contribution in [3.63, 3.8) is 0 Å². The number of pyridine rings is 1. The fourth-order valence-electron chi connectivity index (χ4n) is 3.38. The fourth-order valence-corrected chi connectivity index (χ4v) is 3.38. The second kappa shape index (κ2) is 6.09. The second-order valence-electron chi connectivity index (χ2n) is 6.30. The number of phenolic OH excluding ortho intramolecular Hbond substituents is 1. The minimum Gasteiger partial charge on any atom is -0.507 e. The third-order valence-electron chi connectivity index (χ3n) is 4.64. The molecule has 0 radical (unpaired) electrons. The number of allylic oxidation sites excluding steroid dienone is 1. The summed E-state index contributed by atoms with van der Waals surface area (Å²) in [6.45, 7) is 2.87. The lowest BCUT2D eigenvalue weighted by molar-refractivity contribution is -0.901. The number of nitrogens with zero attached hydrogens (tertiary/aromatic N) is 1. The Hall–Kier alpha value is -2.66. The van der Waals surface area contributed by atoms with E-state index in [0.29, 0.717) is 17.9 Å². The van der Waals surface area contributed by atoms with Crippen molar-refractivity contribution in [3.05, 3.63) is 59.1 Å². The molecule has 2 aliphatic rings. The molecule has 0 bridgehead atoms. The molecule has 0 aliphatic carbocycles. The van der Waals surface area contributed by atoms with Crippen molar-refractivity contribution in [1.29, 1.82) is 0 Å². The average Bonchev–Trinajstić information content (AvgIpc) is 3.21. The van der Waals surface area contributed by atoms with Gasteiger partial charge in [0.05, 0.1) is 24.2 Å². The van der Waals surface area contributed by atoms with E-state index in [1.165, 1.54) is 17.7 Å². The highest BCUT2D eigenvalue weighted by Gasteiger charge is 2.32. The van der Waals surface area contributed by atoms with Gasteiger partial charge in [-0.1, -0.05) is 6.07 Å². The summed E-state index contributed by atoms with van der Waals surface area (Å²) in [6, 6.07) is 6.91. The highest BCUT2D eigenvalue weighted by Crippen LogP contribution is 2.39. The number of phenols is 1. The topological polar surface area (TPSA) is 63.9 Å². The van der Waals surface area contributed by atoms with Crippen LogP contribution in [0.1, 0.15) is 34.3 Å². The van der Waals surface area contributed by atoms with E-state index >= 15 is 0 Å². The van der Waals surface area contributed by atoms with Crippen LogP contribution < -0.4 is 9.64 Å². The van der Waals surface area contributed by atoms with Gasteiger partial charge in [0.2, 0.25) is 5.78 Å². The molecule has 0 saturated carbocycles. The number of aromatic nitrogens is 1. The highest BCUT2D eigenvalue weighted by atomic mass is 16.5. The summed E-state index contributed by atoms with van der Waals surface area (Å²) in [6.07, 6.45) is 7.47. The smallest absolute Gasteiger partial charge is 0.231 e. The Morgan fingerprint density at radius 1 is 1.25 bits per heavy atom. The van der Waals surface area contributed by atoms with Gasteiger partial charge in [0, 0.05) is 25.2 Å². The lowest BCUT2D eigenvalue weighted by atomic mass is 10.0. The van der Waals surface area contributed by atoms with Crippen LogP contribution in [0.25, 0.3) is 6.08 Å². The molecule has 0 unspecified atom stereocenters. The maximum Gasteiger partial charge on any atom is 0.231 e. The highest BCUT2D eigenvalue weighted by molar-refractivity contribution is 6.14. The van der Waals surface area contributed by atoms with Crippen molar-refractivity contribution < 1.29 is 19.5 Å². The second-order valence-corrected chi connectivity index (χ2v) is 6.30. The van der Waals surface area contributed by atoms with Crippen molar-refractivity contribution in [2.45, 2.75) is 19.4 Å². The first kappa shape index (κ1) is 14.9. The van der Waals surface area contributed by atoms with Gasteiger partial charge in [0.1, 0.15) is 12.3 Å². The number of aromatic hydroxyl groups is 1. The van der Waals surface area contributed by atoms with Gasteiger partial charge in [-0.3, -0.25) is 9.78 Å². The Labute approximate surface area is 140 Å². The molecule has 5 heteroatoms. The van der Waals surface area contributed by atoms with Crippen LogP contribution in [0.3, 0.4) is 0 Å². The van der Waals surface area contributed by atoms with Crippen LogP contribution in [0.5, 0.6) is 11.5 Å². The first-order valence-electron chi connectivity index (χ1n) is 8.25. The Morgan fingerprint density at radius 2 is 2.08 bits per heavy atom. The number of nitrogens with one attached hydrogen (secondary N) is 1. The van der Waals surface area contributed by atoms with E-state index in [1.54, 1.807) is 30.6 Å². The first-order valence-corrected chi connectivity index (χ1v) is 8.25. The predicted molar refractivity (Wildman–Crippen MR) is 88.9 cm³/mol. The van der Waals surface area contributed by atoms with E-state index in [-0.39, 0.29) is 17.3 Å². The van der Waals surface area contributed by atoms with Crippen molar-refractivity contribution in [1.82, 2.24) is 4.98 Å². The molecule has 2 N–H and O–H groups in total. The van der Waals surface area contributed by atoms with Crippen LogP contribution in [0.2, 0.25) is 0 Å². The van der Waals surface area contributed by atoms with E-state index in [4.69, 9.17) is 4.74 Å². The molecular formula is C19H19N2O3+. The predicted octanol–water partition coefficient (Wildman–Crippen LogP) is 1.58. The molecule has 1 saturated heterocycles. The minimum atomic E-state index is -0.147. The lowest BCUT2D eigenvalue weighted by Gasteiger charge is -2.15. The van der Waals surface area contributed by atoms with Gasteiger partial charge in [-0.05, 0) is 29.8 Å². The summed E-state index contributed by atoms with van der Waals surface area (Å²) in [5.74, 6) is 0.839. The molecule has 1 fully saturated rings. The molecular weight excluding hydrogens is 304 g/mol. The number of ether oxygens (including phenoxy) is 1. The number of quaternary nitrogens is 1. The van der Waals surface area contributed by atoms with Crippen molar-refractivity contribution in [3.8, 4) is 11.5 Å². The van der Waals surface area contributed by atoms with Crippen LogP contribution in [-0.2, 0) is 6.54 Å². The van der Waals surface area contributed by atoms with Gasteiger partial charge in [-0.25, -0.2) is 0 Å². The van der Waals surface area contributed by atoms with E-state index in [0.717, 1.165) is 24.2 Å². The minimum absolute atomic E-state index is 0.147. The molecule has 0 spiro atoms. The maximum absolute atomic E-state index is 12.6. The van der Waals surface area contributed by atoms with Crippen LogP contribution in [0.4, 0.5) is 0 Å². The van der Waals surface area contributed by atoms with E-state index in [1.807, 2.05) is 12.1 Å². The SMILES string of the molecule is O=C1/C(=C\c2cccnc2)Oc2c1ccc(O)c2C[NH+]1CCCC1. The number of fused-ring (bicyclic) bond motifs is 1. The number of carbonyl (C=O) groups excluding carboxylic acids is 1. The number of ketones is 1. The van der Waals surface area contributed by atoms with Crippen LogP contribution in [0.15, 0.2) is 42.4 Å². The van der Waals surface area contributed by atoms with Crippen molar-refractivity contribution in [2.24, 2.45) is 0 Å². The largest absolute Gasteiger partial charge is 0.507 e. The van der Waals surface area contributed by atoms with Gasteiger partial charge in [-0.15, -0.1) is 0 Å². The lowest BCUT2D eigenvalue weighted by Crippen LogP contribution is -3.08. The van der Waals surface area contributed by atoms with Gasteiger partial charge < -0.3 is 14.7 Å². The number of benzene rings is 1. The molecule has 2 aromatic rings. The zero-order valence-corrected chi connectivity index (χ0v) is 13.3. The Bertz CT molecular complexity index is 809. The first-order chi connectivity index (χ1) is 11.7. The van der Waals surface area contributed by atoms with E-state index in [2.05, 4.69) is 4.98 Å². The fraction of sp³-hybridized carbons (Fsp3) is 0.263. The van der Waals surface area contributed by atoms with Crippen molar-refractivity contribution in [2.75, 3.05) is 13.1 Å². The number of likely N-dealkylation sites (tertiary alicyclic amines) is 1. The normalized spacial score (nSPS) is 18.8. The van der Waals surface area contributed by atoms with E-state index in [9.17, 15) is 9.90 Å². The molecule has 1 aromatic heterocycles. The van der Waals surface area contributed by atoms with Crippen molar-refractivity contribution >= 4 is 11.9 Å². The molecule has 24 heavy (non-hydrogen) atoms. The number of Topliss-reactive ketones (excluding diaryl/α,β-unsaturated/α-hetero) is 1.